The van der Waals surface area contributed by atoms with Gasteiger partial charge in [-0.15, -0.1) is 21.5 Å². The molecular formula is C18H14N4O3S. The van der Waals surface area contributed by atoms with Gasteiger partial charge in [-0.2, -0.15) is 0 Å². The van der Waals surface area contributed by atoms with Gasteiger partial charge in [-0.05, 0) is 23.3 Å². The van der Waals surface area contributed by atoms with Crippen molar-refractivity contribution in [3.63, 3.8) is 0 Å². The lowest BCUT2D eigenvalue weighted by atomic mass is 10.1. The quantitative estimate of drug-likeness (QED) is 0.558. The molecule has 8 heteroatoms. The normalized spacial score (nSPS) is 10.9. The van der Waals surface area contributed by atoms with E-state index in [-0.39, 0.29) is 12.4 Å². The van der Waals surface area contributed by atoms with Gasteiger partial charge in [-0.1, -0.05) is 36.4 Å². The van der Waals surface area contributed by atoms with E-state index < -0.39 is 6.09 Å². The van der Waals surface area contributed by atoms with Crippen molar-refractivity contribution in [3.05, 3.63) is 65.3 Å². The fourth-order valence-corrected chi connectivity index (χ4v) is 3.57. The molecule has 0 bridgehead atoms. The number of carboxylic acid groups (broad SMARTS) is 1. The topological polar surface area (TPSA) is 101 Å². The minimum Gasteiger partial charge on any atom is -0.465 e. The first-order valence-corrected chi connectivity index (χ1v) is 8.72. The van der Waals surface area contributed by atoms with Gasteiger partial charge in [0.05, 0.1) is 23.2 Å². The second kappa shape index (κ2) is 6.93. The third-order valence-electron chi connectivity index (χ3n) is 3.74. The maximum absolute atomic E-state index is 10.5. The minimum absolute atomic E-state index is 0.0113. The lowest BCUT2D eigenvalue weighted by molar-refractivity contribution is 0.192. The van der Waals surface area contributed by atoms with Gasteiger partial charge >= 0.3 is 6.09 Å². The van der Waals surface area contributed by atoms with Gasteiger partial charge in [0.15, 0.2) is 0 Å². The predicted octanol–water partition coefficient (Wildman–Crippen LogP) is 3.70. The number of hydrogen-bond donors (Lipinski definition) is 2. The van der Waals surface area contributed by atoms with E-state index in [1.807, 2.05) is 24.3 Å². The van der Waals surface area contributed by atoms with Crippen LogP contribution in [-0.4, -0.2) is 26.4 Å². The van der Waals surface area contributed by atoms with E-state index in [0.29, 0.717) is 12.3 Å². The highest BCUT2D eigenvalue weighted by Crippen LogP contribution is 2.29. The fraction of sp³-hybridized carbons (Fsp3) is 0.111. The van der Waals surface area contributed by atoms with Crippen LogP contribution in [0.1, 0.15) is 16.8 Å². The average Bonchev–Trinajstić information content (AvgIpc) is 3.26. The van der Waals surface area contributed by atoms with Crippen molar-refractivity contribution in [1.29, 1.82) is 0 Å². The molecule has 7 nitrogen and oxygen atoms in total. The molecule has 130 valence electrons. The van der Waals surface area contributed by atoms with Crippen molar-refractivity contribution in [3.8, 4) is 11.1 Å². The first kappa shape index (κ1) is 16.2. The molecule has 4 rings (SSSR count). The molecule has 2 N–H and O–H groups in total. The van der Waals surface area contributed by atoms with Gasteiger partial charge < -0.3 is 14.8 Å². The van der Waals surface area contributed by atoms with Crippen LogP contribution in [0.3, 0.4) is 0 Å². The second-order valence-electron chi connectivity index (χ2n) is 5.58. The molecule has 2 aromatic carbocycles. The lowest BCUT2D eigenvalue weighted by Gasteiger charge is -2.00. The van der Waals surface area contributed by atoms with Crippen LogP contribution in [0, 0.1) is 0 Å². The number of benzene rings is 2. The summed E-state index contributed by atoms with van der Waals surface area (Å²) in [5.41, 5.74) is 3.24. The molecule has 0 unspecified atom stereocenters. The van der Waals surface area contributed by atoms with E-state index in [1.54, 1.807) is 11.3 Å². The summed E-state index contributed by atoms with van der Waals surface area (Å²) in [6, 6.07) is 16.4. The molecule has 1 amide bonds. The van der Waals surface area contributed by atoms with E-state index in [2.05, 4.69) is 44.8 Å². The van der Waals surface area contributed by atoms with Crippen molar-refractivity contribution in [2.45, 2.75) is 13.0 Å². The predicted molar refractivity (Wildman–Crippen MR) is 97.0 cm³/mol. The molecule has 0 radical (unpaired) electrons. The minimum atomic E-state index is -1.13. The zero-order valence-electron chi connectivity index (χ0n) is 13.5. The summed E-state index contributed by atoms with van der Waals surface area (Å²) >= 11 is 1.58. The van der Waals surface area contributed by atoms with Crippen LogP contribution in [0.15, 0.2) is 52.9 Å². The Hall–Kier alpha value is -3.26. The molecule has 2 heterocycles. The molecule has 0 fully saturated rings. The van der Waals surface area contributed by atoms with Crippen LogP contribution in [-0.2, 0) is 13.0 Å². The monoisotopic (exact) mass is 366 g/mol. The summed E-state index contributed by atoms with van der Waals surface area (Å²) in [6.07, 6.45) is -0.717. The van der Waals surface area contributed by atoms with E-state index in [0.717, 1.165) is 26.4 Å². The SMILES string of the molecule is O=C(O)NCc1nnc(Cc2nc3ccc(-c4ccccc4)cc3s2)o1. The van der Waals surface area contributed by atoms with Crippen LogP contribution in [0.5, 0.6) is 0 Å². The molecule has 26 heavy (non-hydrogen) atoms. The van der Waals surface area contributed by atoms with E-state index >= 15 is 0 Å². The number of aromatic nitrogens is 3. The van der Waals surface area contributed by atoms with Crippen molar-refractivity contribution in [1.82, 2.24) is 20.5 Å². The number of thiazole rings is 1. The van der Waals surface area contributed by atoms with Crippen LogP contribution in [0.4, 0.5) is 4.79 Å². The van der Waals surface area contributed by atoms with Gasteiger partial charge in [-0.25, -0.2) is 9.78 Å². The Morgan fingerprint density at radius 3 is 2.69 bits per heavy atom. The van der Waals surface area contributed by atoms with Crippen LogP contribution in [0.25, 0.3) is 21.3 Å². The summed E-state index contributed by atoms with van der Waals surface area (Å²) in [7, 11) is 0. The number of carbonyl (C=O) groups is 1. The van der Waals surface area contributed by atoms with E-state index in [4.69, 9.17) is 9.52 Å². The summed E-state index contributed by atoms with van der Waals surface area (Å²) in [6.45, 7) is -0.0113. The largest absolute Gasteiger partial charge is 0.465 e. The highest BCUT2D eigenvalue weighted by atomic mass is 32.1. The zero-order chi connectivity index (χ0) is 17.9. The highest BCUT2D eigenvalue weighted by Gasteiger charge is 2.12. The second-order valence-corrected chi connectivity index (χ2v) is 6.70. The van der Waals surface area contributed by atoms with Crippen LogP contribution < -0.4 is 5.32 Å². The number of rotatable bonds is 5. The Morgan fingerprint density at radius 2 is 1.88 bits per heavy atom. The lowest BCUT2D eigenvalue weighted by Crippen LogP contribution is -2.20. The van der Waals surface area contributed by atoms with Crippen molar-refractivity contribution < 1.29 is 14.3 Å². The number of nitrogens with zero attached hydrogens (tertiary/aromatic N) is 3. The summed E-state index contributed by atoms with van der Waals surface area (Å²) in [4.78, 5) is 15.1. The van der Waals surface area contributed by atoms with Gasteiger partial charge in [0.25, 0.3) is 0 Å². The Labute approximate surface area is 152 Å². The highest BCUT2D eigenvalue weighted by molar-refractivity contribution is 7.18. The fourth-order valence-electron chi connectivity index (χ4n) is 2.57. The molecule has 0 aliphatic carbocycles. The molecule has 0 aliphatic heterocycles. The number of amides is 1. The molecule has 0 saturated heterocycles. The molecule has 0 aliphatic rings. The summed E-state index contributed by atoms with van der Waals surface area (Å²) in [5.74, 6) is 0.643. The molecule has 4 aromatic rings. The third-order valence-corrected chi connectivity index (χ3v) is 4.76. The molecular weight excluding hydrogens is 352 g/mol. The van der Waals surface area contributed by atoms with Crippen LogP contribution in [0.2, 0.25) is 0 Å². The van der Waals surface area contributed by atoms with Gasteiger partial charge in [0, 0.05) is 0 Å². The number of hydrogen-bond acceptors (Lipinski definition) is 6. The van der Waals surface area contributed by atoms with Crippen molar-refractivity contribution in [2.24, 2.45) is 0 Å². The Morgan fingerprint density at radius 1 is 1.08 bits per heavy atom. The smallest absolute Gasteiger partial charge is 0.405 e. The summed E-state index contributed by atoms with van der Waals surface area (Å²) < 4.78 is 6.54. The standard InChI is InChI=1S/C18H14N4O3S/c23-18(24)19-10-16-22-21-15(25-16)9-17-20-13-7-6-12(8-14(13)26-17)11-4-2-1-3-5-11/h1-8,19H,9-10H2,(H,23,24). The van der Waals surface area contributed by atoms with Gasteiger partial charge in [-0.3, -0.25) is 0 Å². The van der Waals surface area contributed by atoms with Gasteiger partial charge in [0.2, 0.25) is 11.8 Å². The maximum Gasteiger partial charge on any atom is 0.405 e. The number of fused-ring (bicyclic) bond motifs is 1. The Kier molecular flexibility index (Phi) is 4.32. The Bertz CT molecular complexity index is 1060. The third kappa shape index (κ3) is 3.55. The average molecular weight is 366 g/mol. The molecule has 2 aromatic heterocycles. The van der Waals surface area contributed by atoms with Crippen LogP contribution >= 0.6 is 11.3 Å². The molecule has 0 atom stereocenters. The van der Waals surface area contributed by atoms with E-state index in [9.17, 15) is 4.79 Å². The summed E-state index contributed by atoms with van der Waals surface area (Å²) in [5, 5.41) is 19.4. The Balaban J connectivity index is 1.53. The van der Waals surface area contributed by atoms with Crippen molar-refractivity contribution >= 4 is 27.6 Å². The van der Waals surface area contributed by atoms with E-state index in [1.165, 1.54) is 0 Å². The maximum atomic E-state index is 10.5. The van der Waals surface area contributed by atoms with Crippen molar-refractivity contribution in [2.75, 3.05) is 0 Å². The number of nitrogens with one attached hydrogen (secondary N) is 1. The van der Waals surface area contributed by atoms with Gasteiger partial charge in [0.1, 0.15) is 5.01 Å². The molecule has 0 spiro atoms. The first-order valence-electron chi connectivity index (χ1n) is 7.90. The molecule has 0 saturated carbocycles. The first-order chi connectivity index (χ1) is 12.7. The zero-order valence-corrected chi connectivity index (χ0v) is 14.4.